The topological polar surface area (TPSA) is 51.4 Å². The second-order valence-electron chi connectivity index (χ2n) is 4.97. The summed E-state index contributed by atoms with van der Waals surface area (Å²) >= 11 is 0. The largest absolute Gasteiger partial charge is 0.383 e. The van der Waals surface area contributed by atoms with Crippen LogP contribution in [0.1, 0.15) is 25.0 Å². The fourth-order valence-electron chi connectivity index (χ4n) is 2.03. The molecule has 4 nitrogen and oxygen atoms in total. The first-order chi connectivity index (χ1) is 8.60. The van der Waals surface area contributed by atoms with Crippen molar-refractivity contribution in [3.8, 4) is 0 Å². The second kappa shape index (κ2) is 7.34. The van der Waals surface area contributed by atoms with E-state index >= 15 is 0 Å². The summed E-state index contributed by atoms with van der Waals surface area (Å²) in [5.41, 5.74) is 8.19. The summed E-state index contributed by atoms with van der Waals surface area (Å²) in [6.45, 7) is 9.53. The van der Waals surface area contributed by atoms with Gasteiger partial charge in [-0.1, -0.05) is 13.8 Å². The quantitative estimate of drug-likeness (QED) is 0.805. The van der Waals surface area contributed by atoms with Gasteiger partial charge in [0.15, 0.2) is 0 Å². The van der Waals surface area contributed by atoms with Crippen LogP contribution in [0.4, 0.5) is 5.82 Å². The van der Waals surface area contributed by atoms with E-state index in [1.165, 1.54) is 5.56 Å². The first-order valence-electron chi connectivity index (χ1n) is 6.48. The summed E-state index contributed by atoms with van der Waals surface area (Å²) in [7, 11) is 1.72. The highest BCUT2D eigenvalue weighted by Crippen LogP contribution is 2.21. The highest BCUT2D eigenvalue weighted by molar-refractivity contribution is 5.50. The maximum absolute atomic E-state index is 5.85. The zero-order chi connectivity index (χ0) is 13.5. The summed E-state index contributed by atoms with van der Waals surface area (Å²) in [5, 5.41) is 0. The lowest BCUT2D eigenvalue weighted by molar-refractivity contribution is 0.204. The van der Waals surface area contributed by atoms with Crippen molar-refractivity contribution >= 4 is 5.82 Å². The van der Waals surface area contributed by atoms with E-state index in [0.717, 1.165) is 24.5 Å². The minimum absolute atomic E-state index is 0.524. The standard InChI is InChI=1S/C14H25N3O/c1-11(2)10-17(7-8-18-4)14-13(9-15)12(3)5-6-16-14/h5-6,11H,7-10,15H2,1-4H3. The Hall–Kier alpha value is -1.13. The number of aryl methyl sites for hydroxylation is 1. The average molecular weight is 251 g/mol. The molecule has 0 aliphatic rings. The van der Waals surface area contributed by atoms with Crippen LogP contribution in [0.3, 0.4) is 0 Å². The first kappa shape index (κ1) is 14.9. The summed E-state index contributed by atoms with van der Waals surface area (Å²) in [5.74, 6) is 1.58. The summed E-state index contributed by atoms with van der Waals surface area (Å²) in [6, 6.07) is 2.01. The van der Waals surface area contributed by atoms with Crippen LogP contribution in [-0.4, -0.2) is 31.8 Å². The number of hydrogen-bond acceptors (Lipinski definition) is 4. The molecular formula is C14H25N3O. The van der Waals surface area contributed by atoms with Gasteiger partial charge in [0.05, 0.1) is 6.61 Å². The van der Waals surface area contributed by atoms with Crippen LogP contribution >= 0.6 is 0 Å². The molecule has 0 atom stereocenters. The van der Waals surface area contributed by atoms with Crippen LogP contribution in [0, 0.1) is 12.8 Å². The van der Waals surface area contributed by atoms with Crippen molar-refractivity contribution in [2.75, 3.05) is 31.7 Å². The van der Waals surface area contributed by atoms with Crippen LogP contribution in [0.2, 0.25) is 0 Å². The van der Waals surface area contributed by atoms with Crippen LogP contribution in [-0.2, 0) is 11.3 Å². The van der Waals surface area contributed by atoms with Gasteiger partial charge < -0.3 is 15.4 Å². The normalized spacial score (nSPS) is 11.0. The molecule has 0 fully saturated rings. The summed E-state index contributed by atoms with van der Waals surface area (Å²) in [4.78, 5) is 6.77. The Bertz CT molecular complexity index is 366. The SMILES string of the molecule is COCCN(CC(C)C)c1nccc(C)c1CN. The van der Waals surface area contributed by atoms with Gasteiger partial charge in [-0.2, -0.15) is 0 Å². The molecule has 0 aliphatic heterocycles. The number of nitrogens with zero attached hydrogens (tertiary/aromatic N) is 2. The van der Waals surface area contributed by atoms with Gasteiger partial charge in [0, 0.05) is 38.5 Å². The van der Waals surface area contributed by atoms with E-state index in [9.17, 15) is 0 Å². The highest BCUT2D eigenvalue weighted by Gasteiger charge is 2.14. The number of methoxy groups -OCH3 is 1. The van der Waals surface area contributed by atoms with E-state index in [-0.39, 0.29) is 0 Å². The average Bonchev–Trinajstić information content (AvgIpc) is 2.33. The minimum Gasteiger partial charge on any atom is -0.383 e. The molecule has 102 valence electrons. The van der Waals surface area contributed by atoms with Gasteiger partial charge in [-0.25, -0.2) is 4.98 Å². The third-order valence-electron chi connectivity index (χ3n) is 2.92. The maximum atomic E-state index is 5.85. The Balaban J connectivity index is 2.99. The first-order valence-corrected chi connectivity index (χ1v) is 6.48. The third kappa shape index (κ3) is 3.96. The van der Waals surface area contributed by atoms with Crippen molar-refractivity contribution in [1.29, 1.82) is 0 Å². The maximum Gasteiger partial charge on any atom is 0.133 e. The molecule has 0 aromatic carbocycles. The van der Waals surface area contributed by atoms with Crippen LogP contribution < -0.4 is 10.6 Å². The van der Waals surface area contributed by atoms with Crippen molar-refractivity contribution in [3.05, 3.63) is 23.4 Å². The number of ether oxygens (including phenoxy) is 1. The molecule has 0 aliphatic carbocycles. The summed E-state index contributed by atoms with van der Waals surface area (Å²) in [6.07, 6.45) is 1.85. The Morgan fingerprint density at radius 1 is 1.44 bits per heavy atom. The Morgan fingerprint density at radius 3 is 2.72 bits per heavy atom. The van der Waals surface area contributed by atoms with E-state index in [1.807, 2.05) is 12.3 Å². The van der Waals surface area contributed by atoms with E-state index in [2.05, 4.69) is 30.7 Å². The van der Waals surface area contributed by atoms with E-state index in [0.29, 0.717) is 19.1 Å². The smallest absolute Gasteiger partial charge is 0.133 e. The zero-order valence-corrected chi connectivity index (χ0v) is 11.9. The molecule has 2 N–H and O–H groups in total. The molecule has 1 rings (SSSR count). The van der Waals surface area contributed by atoms with Gasteiger partial charge in [0.2, 0.25) is 0 Å². The van der Waals surface area contributed by atoms with Gasteiger partial charge in [-0.3, -0.25) is 0 Å². The number of pyridine rings is 1. The van der Waals surface area contributed by atoms with Crippen LogP contribution in [0.25, 0.3) is 0 Å². The van der Waals surface area contributed by atoms with Crippen molar-refractivity contribution in [2.24, 2.45) is 11.7 Å². The molecular weight excluding hydrogens is 226 g/mol. The van der Waals surface area contributed by atoms with Crippen LogP contribution in [0.15, 0.2) is 12.3 Å². The van der Waals surface area contributed by atoms with Crippen molar-refractivity contribution in [2.45, 2.75) is 27.3 Å². The molecule has 0 saturated carbocycles. The predicted molar refractivity (Wildman–Crippen MR) is 75.8 cm³/mol. The van der Waals surface area contributed by atoms with Crippen LogP contribution in [0.5, 0.6) is 0 Å². The molecule has 0 bridgehead atoms. The lowest BCUT2D eigenvalue weighted by atomic mass is 10.1. The summed E-state index contributed by atoms with van der Waals surface area (Å²) < 4.78 is 5.18. The highest BCUT2D eigenvalue weighted by atomic mass is 16.5. The second-order valence-corrected chi connectivity index (χ2v) is 4.97. The lowest BCUT2D eigenvalue weighted by Gasteiger charge is -2.27. The van der Waals surface area contributed by atoms with Crippen molar-refractivity contribution in [3.63, 3.8) is 0 Å². The fourth-order valence-corrected chi connectivity index (χ4v) is 2.03. The number of rotatable bonds is 7. The monoisotopic (exact) mass is 251 g/mol. The number of nitrogens with two attached hydrogens (primary N) is 1. The van der Waals surface area contributed by atoms with Gasteiger partial charge in [0.1, 0.15) is 5.82 Å². The molecule has 0 amide bonds. The molecule has 1 aromatic heterocycles. The number of hydrogen-bond donors (Lipinski definition) is 1. The lowest BCUT2D eigenvalue weighted by Crippen LogP contribution is -2.33. The predicted octanol–water partition coefficient (Wildman–Crippen LogP) is 1.96. The molecule has 0 unspecified atom stereocenters. The molecule has 0 radical (unpaired) electrons. The molecule has 1 aromatic rings. The third-order valence-corrected chi connectivity index (χ3v) is 2.92. The van der Waals surface area contributed by atoms with E-state index in [1.54, 1.807) is 7.11 Å². The zero-order valence-electron chi connectivity index (χ0n) is 11.9. The fraction of sp³-hybridized carbons (Fsp3) is 0.643. The van der Waals surface area contributed by atoms with Gasteiger partial charge >= 0.3 is 0 Å². The van der Waals surface area contributed by atoms with E-state index < -0.39 is 0 Å². The van der Waals surface area contributed by atoms with Crippen molar-refractivity contribution in [1.82, 2.24) is 4.98 Å². The van der Waals surface area contributed by atoms with Crippen molar-refractivity contribution < 1.29 is 4.74 Å². The molecule has 0 saturated heterocycles. The van der Waals surface area contributed by atoms with Gasteiger partial charge in [-0.15, -0.1) is 0 Å². The Labute approximate surface area is 110 Å². The molecule has 0 spiro atoms. The Morgan fingerprint density at radius 2 is 2.17 bits per heavy atom. The van der Waals surface area contributed by atoms with Gasteiger partial charge in [0.25, 0.3) is 0 Å². The van der Waals surface area contributed by atoms with Gasteiger partial charge in [-0.05, 0) is 24.5 Å². The molecule has 4 heteroatoms. The molecule has 1 heterocycles. The Kier molecular flexibility index (Phi) is 6.09. The molecule has 18 heavy (non-hydrogen) atoms. The van der Waals surface area contributed by atoms with E-state index in [4.69, 9.17) is 10.5 Å². The number of anilines is 1. The number of aromatic nitrogens is 1. The minimum atomic E-state index is 0.524.